The molecule has 8 aromatic rings. The Labute approximate surface area is 267 Å². The number of rotatable bonds is 3. The van der Waals surface area contributed by atoms with Crippen LogP contribution in [-0.2, 0) is 13.5 Å². The van der Waals surface area contributed by atoms with E-state index < -0.39 is 0 Å². The van der Waals surface area contributed by atoms with E-state index >= 15 is 0 Å². The Hall–Kier alpha value is -5.81. The molecule has 3 heterocycles. The number of hydrogen-bond acceptors (Lipinski definition) is 3. The van der Waals surface area contributed by atoms with Crippen LogP contribution in [0.2, 0.25) is 0 Å². The van der Waals surface area contributed by atoms with Crippen LogP contribution in [0.25, 0.3) is 61.0 Å². The molecule has 0 N–H and O–H groups in total. The van der Waals surface area contributed by atoms with Crippen molar-refractivity contribution < 1.29 is 0 Å². The van der Waals surface area contributed by atoms with Crippen LogP contribution in [0.1, 0.15) is 11.1 Å². The summed E-state index contributed by atoms with van der Waals surface area (Å²) in [5.41, 5.74) is 16.0. The van der Waals surface area contributed by atoms with Crippen LogP contribution in [0.5, 0.6) is 0 Å². The summed E-state index contributed by atoms with van der Waals surface area (Å²) in [6.07, 6.45) is 0.970. The quantitative estimate of drug-likeness (QED) is 0.204. The Morgan fingerprint density at radius 1 is 0.565 bits per heavy atom. The minimum Gasteiger partial charge on any atom is -0.355 e. The molecule has 0 spiro atoms. The highest BCUT2D eigenvalue weighted by Crippen LogP contribution is 2.42. The molecule has 6 aromatic carbocycles. The van der Waals surface area contributed by atoms with Gasteiger partial charge in [-0.05, 0) is 83.3 Å². The Bertz CT molecular complexity index is 2530. The zero-order valence-electron chi connectivity index (χ0n) is 25.8. The molecule has 5 nitrogen and oxygen atoms in total. The van der Waals surface area contributed by atoms with Gasteiger partial charge in [-0.15, -0.1) is 0 Å². The second-order valence-corrected chi connectivity index (χ2v) is 12.7. The molecule has 0 atom stereocenters. The first-order valence-corrected chi connectivity index (χ1v) is 15.9. The van der Waals surface area contributed by atoms with Gasteiger partial charge in [0.2, 0.25) is 0 Å². The predicted molar refractivity (Wildman–Crippen MR) is 191 cm³/mol. The first-order valence-electron chi connectivity index (χ1n) is 15.9. The van der Waals surface area contributed by atoms with Gasteiger partial charge in [-0.1, -0.05) is 72.8 Å². The van der Waals surface area contributed by atoms with Crippen LogP contribution < -0.4 is 9.80 Å². The lowest BCUT2D eigenvalue weighted by Crippen LogP contribution is -2.24. The monoisotopic (exact) mass is 593 g/mol. The number of hydrogen-bond donors (Lipinski definition) is 0. The second kappa shape index (κ2) is 9.35. The number of anilines is 3. The normalized spacial score (nSPS) is 13.6. The fraction of sp³-hybridized carbons (Fsp3) is 0.0976. The van der Waals surface area contributed by atoms with Crippen LogP contribution in [0.4, 0.5) is 17.1 Å². The number of imidazole rings is 1. The number of fused-ring (bicyclic) bond motifs is 8. The third kappa shape index (κ3) is 3.54. The van der Waals surface area contributed by atoms with E-state index in [1.807, 2.05) is 0 Å². The summed E-state index contributed by atoms with van der Waals surface area (Å²) < 4.78 is 4.67. The smallest absolute Gasteiger partial charge is 0.140 e. The van der Waals surface area contributed by atoms with Crippen LogP contribution in [0.15, 0.2) is 127 Å². The lowest BCUT2D eigenvalue weighted by molar-refractivity contribution is 0.948. The second-order valence-electron chi connectivity index (χ2n) is 12.7. The zero-order valence-corrected chi connectivity index (χ0v) is 25.8. The summed E-state index contributed by atoms with van der Waals surface area (Å²) in [6, 6.07) is 46.5. The van der Waals surface area contributed by atoms with Crippen molar-refractivity contribution in [3.8, 4) is 28.2 Å². The molecule has 5 heteroatoms. The molecule has 46 heavy (non-hydrogen) atoms. The lowest BCUT2D eigenvalue weighted by atomic mass is 10.1. The van der Waals surface area contributed by atoms with Crippen molar-refractivity contribution in [2.24, 2.45) is 7.05 Å². The number of para-hydroxylation sites is 3. The fourth-order valence-corrected chi connectivity index (χ4v) is 7.87. The van der Waals surface area contributed by atoms with Crippen molar-refractivity contribution in [3.05, 3.63) is 139 Å². The van der Waals surface area contributed by atoms with Gasteiger partial charge in [0.15, 0.2) is 0 Å². The number of benzene rings is 6. The number of aryl methyl sites for hydroxylation is 1. The summed E-state index contributed by atoms with van der Waals surface area (Å²) in [5, 5.41) is 2.49. The molecule has 0 fully saturated rings. The number of nitrogens with zero attached hydrogens (tertiary/aromatic N) is 5. The highest BCUT2D eigenvalue weighted by Gasteiger charge is 2.25. The molecule has 2 aliphatic rings. The molecule has 2 aromatic heterocycles. The molecule has 1 aliphatic carbocycles. The number of aromatic nitrogens is 3. The topological polar surface area (TPSA) is 29.2 Å². The van der Waals surface area contributed by atoms with Crippen LogP contribution in [-0.4, -0.2) is 27.8 Å². The molecule has 0 unspecified atom stereocenters. The summed E-state index contributed by atoms with van der Waals surface area (Å²) in [6.45, 7) is 0.821. The highest BCUT2D eigenvalue weighted by molar-refractivity contribution is 6.10. The average Bonchev–Trinajstić information content (AvgIpc) is 3.82. The molecular weight excluding hydrogens is 562 g/mol. The Morgan fingerprint density at radius 3 is 2.28 bits per heavy atom. The van der Waals surface area contributed by atoms with Gasteiger partial charge in [0, 0.05) is 41.8 Å². The van der Waals surface area contributed by atoms with Crippen LogP contribution in [0, 0.1) is 0 Å². The fourth-order valence-electron chi connectivity index (χ4n) is 7.87. The van der Waals surface area contributed by atoms with Gasteiger partial charge in [-0.3, -0.25) is 0 Å². The largest absolute Gasteiger partial charge is 0.355 e. The first kappa shape index (κ1) is 25.5. The van der Waals surface area contributed by atoms with Crippen LogP contribution in [0.3, 0.4) is 0 Å². The van der Waals surface area contributed by atoms with E-state index in [4.69, 9.17) is 4.98 Å². The van der Waals surface area contributed by atoms with Gasteiger partial charge in [0.25, 0.3) is 0 Å². The Balaban J connectivity index is 1.14. The van der Waals surface area contributed by atoms with E-state index in [2.05, 4.69) is 160 Å². The summed E-state index contributed by atoms with van der Waals surface area (Å²) in [4.78, 5) is 9.92. The summed E-state index contributed by atoms with van der Waals surface area (Å²) in [7, 11) is 4.30. The van der Waals surface area contributed by atoms with Gasteiger partial charge in [0.1, 0.15) is 5.82 Å². The Kier molecular flexibility index (Phi) is 5.18. The maximum absolute atomic E-state index is 5.22. The third-order valence-corrected chi connectivity index (χ3v) is 10.1. The Morgan fingerprint density at radius 2 is 1.35 bits per heavy atom. The SMILES string of the molecule is CN1CN(c2cccc(-n3c4ccccc4c4ccc(-c5nc6cc7c(cc6n5C)-c5ccccc5C7)cc43)c2)c2ccccc21. The lowest BCUT2D eigenvalue weighted by Gasteiger charge is -2.21. The molecule has 1 aliphatic heterocycles. The summed E-state index contributed by atoms with van der Waals surface area (Å²) in [5.74, 6) is 0.983. The molecule has 0 saturated heterocycles. The van der Waals surface area contributed by atoms with E-state index in [-0.39, 0.29) is 0 Å². The van der Waals surface area contributed by atoms with Gasteiger partial charge in [-0.2, -0.15) is 0 Å². The standard InChI is InChI=1S/C41H31N5/c1-43-25-45(38-17-8-7-16-37(38)43)29-11-9-12-30(23-29)46-36-15-6-5-14-32(36)33-19-18-27(22-39(33)46)41-42-35-21-28-20-26-10-3-4-13-31(26)34(28)24-40(35)44(41)2/h3-19,21-24H,20,25H2,1-2H3. The van der Waals surface area contributed by atoms with Gasteiger partial charge >= 0.3 is 0 Å². The zero-order chi connectivity index (χ0) is 30.5. The molecular formula is C41H31N5. The molecule has 0 radical (unpaired) electrons. The van der Waals surface area contributed by atoms with Crippen molar-refractivity contribution in [1.29, 1.82) is 0 Å². The minimum atomic E-state index is 0.821. The minimum absolute atomic E-state index is 0.821. The maximum Gasteiger partial charge on any atom is 0.140 e. The molecule has 0 bridgehead atoms. The summed E-state index contributed by atoms with van der Waals surface area (Å²) >= 11 is 0. The van der Waals surface area contributed by atoms with Crippen molar-refractivity contribution in [3.63, 3.8) is 0 Å². The van der Waals surface area contributed by atoms with E-state index in [0.717, 1.165) is 41.2 Å². The molecule has 220 valence electrons. The molecule has 0 amide bonds. The van der Waals surface area contributed by atoms with E-state index in [1.165, 1.54) is 61.1 Å². The van der Waals surface area contributed by atoms with E-state index in [0.29, 0.717) is 0 Å². The van der Waals surface area contributed by atoms with Crippen molar-refractivity contribution in [1.82, 2.24) is 14.1 Å². The van der Waals surface area contributed by atoms with Crippen molar-refractivity contribution in [2.75, 3.05) is 23.5 Å². The first-order chi connectivity index (χ1) is 22.6. The van der Waals surface area contributed by atoms with Gasteiger partial charge < -0.3 is 18.9 Å². The van der Waals surface area contributed by atoms with Crippen molar-refractivity contribution >= 4 is 49.9 Å². The maximum atomic E-state index is 5.22. The van der Waals surface area contributed by atoms with E-state index in [9.17, 15) is 0 Å². The average molecular weight is 594 g/mol. The van der Waals surface area contributed by atoms with Crippen molar-refractivity contribution in [2.45, 2.75) is 6.42 Å². The highest BCUT2D eigenvalue weighted by atomic mass is 15.4. The predicted octanol–water partition coefficient (Wildman–Crippen LogP) is 9.45. The van der Waals surface area contributed by atoms with Gasteiger partial charge in [-0.25, -0.2) is 4.98 Å². The third-order valence-electron chi connectivity index (χ3n) is 10.1. The molecule has 0 saturated carbocycles. The van der Waals surface area contributed by atoms with Crippen LogP contribution >= 0.6 is 0 Å². The molecule has 10 rings (SSSR count). The van der Waals surface area contributed by atoms with E-state index in [1.54, 1.807) is 0 Å². The van der Waals surface area contributed by atoms with Gasteiger partial charge in [0.05, 0.1) is 40.1 Å².